The molecule has 2 rings (SSSR count). The van der Waals surface area contributed by atoms with E-state index in [0.29, 0.717) is 5.82 Å². The van der Waals surface area contributed by atoms with Crippen molar-refractivity contribution in [3.63, 3.8) is 0 Å². The highest BCUT2D eigenvalue weighted by Crippen LogP contribution is 2.19. The number of rotatable bonds is 4. The molecule has 0 aliphatic rings. The summed E-state index contributed by atoms with van der Waals surface area (Å²) in [4.78, 5) is 8.38. The van der Waals surface area contributed by atoms with Gasteiger partial charge in [-0.15, -0.1) is 11.8 Å². The Morgan fingerprint density at radius 3 is 2.75 bits per heavy atom. The van der Waals surface area contributed by atoms with E-state index in [4.69, 9.17) is 5.84 Å². The van der Waals surface area contributed by atoms with Crippen LogP contribution in [0, 0.1) is 0 Å². The van der Waals surface area contributed by atoms with Crippen molar-refractivity contribution in [3.05, 3.63) is 48.3 Å². The van der Waals surface area contributed by atoms with Crippen LogP contribution in [0.4, 0.5) is 5.82 Å². The molecule has 0 radical (unpaired) electrons. The molecule has 0 saturated heterocycles. The molecule has 0 aliphatic carbocycles. The first-order valence-electron chi connectivity index (χ1n) is 4.84. The first-order valence-corrected chi connectivity index (χ1v) is 5.82. The second-order valence-corrected chi connectivity index (χ2v) is 4.15. The lowest BCUT2D eigenvalue weighted by Gasteiger charge is -2.02. The monoisotopic (exact) mass is 232 g/mol. The Hall–Kier alpha value is -1.59. The third-order valence-corrected chi connectivity index (χ3v) is 3.01. The highest BCUT2D eigenvalue weighted by Gasteiger charge is 1.97. The predicted octanol–water partition coefficient (Wildman–Crippen LogP) is 2.05. The molecule has 0 atom stereocenters. The van der Waals surface area contributed by atoms with Gasteiger partial charge >= 0.3 is 0 Å². The number of anilines is 1. The molecule has 82 valence electrons. The van der Waals surface area contributed by atoms with Crippen LogP contribution >= 0.6 is 11.8 Å². The summed E-state index contributed by atoms with van der Waals surface area (Å²) in [6, 6.07) is 9.74. The summed E-state index contributed by atoms with van der Waals surface area (Å²) in [5, 5.41) is 1.02. The number of hydrogen-bond donors (Lipinski definition) is 2. The summed E-state index contributed by atoms with van der Waals surface area (Å²) in [7, 11) is 0. The van der Waals surface area contributed by atoms with Crippen LogP contribution in [0.3, 0.4) is 0 Å². The average molecular weight is 232 g/mol. The van der Waals surface area contributed by atoms with E-state index in [-0.39, 0.29) is 0 Å². The van der Waals surface area contributed by atoms with Gasteiger partial charge in [-0.3, -0.25) is 0 Å². The minimum atomic E-state index is 0.673. The molecule has 0 saturated carbocycles. The molecule has 0 unspecified atom stereocenters. The number of nitrogen functional groups attached to an aromatic ring is 1. The van der Waals surface area contributed by atoms with Crippen LogP contribution < -0.4 is 11.3 Å². The third-order valence-electron chi connectivity index (χ3n) is 2.00. The van der Waals surface area contributed by atoms with Gasteiger partial charge in [0.05, 0.1) is 5.03 Å². The van der Waals surface area contributed by atoms with E-state index < -0.39 is 0 Å². The molecule has 0 spiro atoms. The van der Waals surface area contributed by atoms with Crippen LogP contribution in [0.25, 0.3) is 0 Å². The highest BCUT2D eigenvalue weighted by molar-refractivity contribution is 7.98. The number of pyridine rings is 2. The number of thioether (sulfide) groups is 1. The number of hydrazine groups is 1. The Balaban J connectivity index is 1.94. The second kappa shape index (κ2) is 5.48. The van der Waals surface area contributed by atoms with Gasteiger partial charge in [-0.1, -0.05) is 12.1 Å². The Bertz CT molecular complexity index is 429. The Morgan fingerprint density at radius 1 is 1.19 bits per heavy atom. The Morgan fingerprint density at radius 2 is 2.12 bits per heavy atom. The van der Waals surface area contributed by atoms with Crippen LogP contribution in [0.1, 0.15) is 5.56 Å². The van der Waals surface area contributed by atoms with E-state index in [1.165, 1.54) is 0 Å². The maximum Gasteiger partial charge on any atom is 0.139 e. The number of hydrogen-bond acceptors (Lipinski definition) is 5. The normalized spacial score (nSPS) is 10.1. The maximum absolute atomic E-state index is 5.24. The molecule has 16 heavy (non-hydrogen) atoms. The van der Waals surface area contributed by atoms with Crippen molar-refractivity contribution in [1.82, 2.24) is 9.97 Å². The SMILES string of the molecule is NNc1ccc(CSc2ccccn2)cn1. The van der Waals surface area contributed by atoms with Gasteiger partial charge in [0.15, 0.2) is 0 Å². The lowest BCUT2D eigenvalue weighted by molar-refractivity contribution is 1.13. The quantitative estimate of drug-likeness (QED) is 0.480. The summed E-state index contributed by atoms with van der Waals surface area (Å²) >= 11 is 1.68. The standard InChI is InChI=1S/C11H12N4S/c12-15-10-5-4-9(7-14-10)8-16-11-3-1-2-6-13-11/h1-7H,8,12H2,(H,14,15). The number of nitrogens with one attached hydrogen (secondary N) is 1. The summed E-state index contributed by atoms with van der Waals surface area (Å²) in [5.74, 6) is 6.77. The lowest BCUT2D eigenvalue weighted by Crippen LogP contribution is -2.08. The van der Waals surface area contributed by atoms with Gasteiger partial charge in [0, 0.05) is 18.1 Å². The average Bonchev–Trinajstić information content (AvgIpc) is 2.38. The molecule has 2 aromatic rings. The van der Waals surface area contributed by atoms with Crippen molar-refractivity contribution in [3.8, 4) is 0 Å². The minimum absolute atomic E-state index is 0.673. The van der Waals surface area contributed by atoms with E-state index in [1.54, 1.807) is 18.0 Å². The molecule has 0 fully saturated rings. The van der Waals surface area contributed by atoms with Gasteiger partial charge in [-0.25, -0.2) is 15.8 Å². The first kappa shape index (κ1) is 10.9. The van der Waals surface area contributed by atoms with Gasteiger partial charge in [0.25, 0.3) is 0 Å². The van der Waals surface area contributed by atoms with E-state index in [0.717, 1.165) is 16.3 Å². The van der Waals surface area contributed by atoms with E-state index in [1.807, 2.05) is 36.5 Å². The largest absolute Gasteiger partial charge is 0.308 e. The fourth-order valence-electron chi connectivity index (χ4n) is 1.18. The van der Waals surface area contributed by atoms with Crippen molar-refractivity contribution in [2.24, 2.45) is 5.84 Å². The Labute approximate surface area is 98.3 Å². The van der Waals surface area contributed by atoms with Crippen molar-refractivity contribution < 1.29 is 0 Å². The van der Waals surface area contributed by atoms with Crippen molar-refractivity contribution >= 4 is 17.6 Å². The molecule has 5 heteroatoms. The predicted molar refractivity (Wildman–Crippen MR) is 65.8 cm³/mol. The van der Waals surface area contributed by atoms with E-state index in [2.05, 4.69) is 15.4 Å². The third kappa shape index (κ3) is 2.95. The van der Waals surface area contributed by atoms with Crippen molar-refractivity contribution in [2.75, 3.05) is 5.43 Å². The molecule has 3 N–H and O–H groups in total. The first-order chi connectivity index (χ1) is 7.88. The highest BCUT2D eigenvalue weighted by atomic mass is 32.2. The van der Waals surface area contributed by atoms with Crippen LogP contribution in [0.2, 0.25) is 0 Å². The molecule has 0 aliphatic heterocycles. The second-order valence-electron chi connectivity index (χ2n) is 3.15. The topological polar surface area (TPSA) is 63.8 Å². The zero-order valence-corrected chi connectivity index (χ0v) is 9.45. The summed E-state index contributed by atoms with van der Waals surface area (Å²) in [6.07, 6.45) is 3.60. The van der Waals surface area contributed by atoms with Gasteiger partial charge in [-0.2, -0.15) is 0 Å². The molecular weight excluding hydrogens is 220 g/mol. The van der Waals surface area contributed by atoms with Gasteiger partial charge in [0.2, 0.25) is 0 Å². The smallest absolute Gasteiger partial charge is 0.139 e. The number of nitrogens with zero attached hydrogens (tertiary/aromatic N) is 2. The van der Waals surface area contributed by atoms with Crippen LogP contribution in [0.5, 0.6) is 0 Å². The van der Waals surface area contributed by atoms with E-state index >= 15 is 0 Å². The van der Waals surface area contributed by atoms with Gasteiger partial charge in [-0.05, 0) is 23.8 Å². The molecule has 4 nitrogen and oxygen atoms in total. The molecular formula is C11H12N4S. The molecule has 0 bridgehead atoms. The fourth-order valence-corrected chi connectivity index (χ4v) is 1.98. The van der Waals surface area contributed by atoms with Crippen molar-refractivity contribution in [2.45, 2.75) is 10.8 Å². The van der Waals surface area contributed by atoms with Crippen LogP contribution in [0.15, 0.2) is 47.8 Å². The zero-order valence-electron chi connectivity index (χ0n) is 8.63. The van der Waals surface area contributed by atoms with Crippen LogP contribution in [-0.2, 0) is 5.75 Å². The molecule has 2 aromatic heterocycles. The number of nitrogens with two attached hydrogens (primary N) is 1. The number of aromatic nitrogens is 2. The lowest BCUT2D eigenvalue weighted by atomic mass is 10.3. The molecule has 2 heterocycles. The summed E-state index contributed by atoms with van der Waals surface area (Å²) in [5.41, 5.74) is 3.65. The summed E-state index contributed by atoms with van der Waals surface area (Å²) < 4.78 is 0. The molecule has 0 aromatic carbocycles. The molecule has 0 amide bonds. The minimum Gasteiger partial charge on any atom is -0.308 e. The summed E-state index contributed by atoms with van der Waals surface area (Å²) in [6.45, 7) is 0. The maximum atomic E-state index is 5.24. The fraction of sp³-hybridized carbons (Fsp3) is 0.0909. The van der Waals surface area contributed by atoms with Gasteiger partial charge in [0.1, 0.15) is 5.82 Å². The van der Waals surface area contributed by atoms with Crippen LogP contribution in [-0.4, -0.2) is 9.97 Å². The van der Waals surface area contributed by atoms with Gasteiger partial charge < -0.3 is 5.43 Å². The van der Waals surface area contributed by atoms with E-state index in [9.17, 15) is 0 Å². The van der Waals surface area contributed by atoms with Crippen molar-refractivity contribution in [1.29, 1.82) is 0 Å². The zero-order chi connectivity index (χ0) is 11.2. The Kier molecular flexibility index (Phi) is 3.74.